The molecule has 1 aliphatic heterocycles. The van der Waals surface area contributed by atoms with Crippen LogP contribution in [0.25, 0.3) is 0 Å². The van der Waals surface area contributed by atoms with Crippen LogP contribution in [0, 0.1) is 5.92 Å². The van der Waals surface area contributed by atoms with E-state index in [1.54, 1.807) is 0 Å². The smallest absolute Gasteiger partial charge is 0.317 e. The first-order valence-corrected chi connectivity index (χ1v) is 17.8. The van der Waals surface area contributed by atoms with Crippen molar-refractivity contribution in [3.8, 4) is 0 Å². The van der Waals surface area contributed by atoms with E-state index in [2.05, 4.69) is 26.2 Å². The van der Waals surface area contributed by atoms with E-state index >= 15 is 0 Å². The molecule has 1 heterocycles. The quantitative estimate of drug-likeness (QED) is 0.0912. The van der Waals surface area contributed by atoms with Crippen LogP contribution in [0.2, 0.25) is 0 Å². The van der Waals surface area contributed by atoms with Crippen LogP contribution in [0.1, 0.15) is 44.2 Å². The molecule has 1 aliphatic rings. The number of benzene rings is 2. The zero-order chi connectivity index (χ0) is 37.2. The van der Waals surface area contributed by atoms with Crippen LogP contribution in [0.15, 0.2) is 60.7 Å². The normalized spacial score (nSPS) is 16.0. The molecule has 2 aromatic carbocycles. The Morgan fingerprint density at radius 1 is 0.725 bits per heavy atom. The lowest BCUT2D eigenvalue weighted by Gasteiger charge is -2.33. The predicted molar refractivity (Wildman–Crippen MR) is 195 cm³/mol. The standard InChI is InChI=1S/C37H56N8O6/c1-26(2)22-31(36(50)41-30(14-9-15-38)35(49)40-16-17-44-18-20-45(21-19-44)25-33(46)47)43-37(51)32(24-28-12-7-4-8-13-28)42-34(48)29(39)23-27-10-5-3-6-11-27/h3-8,10-13,26,29-32H,9,14-25,38-39H2,1-2H3,(H,40,49)(H,41,50)(H,42,48)(H,43,51)(H,46,47)/t29-,30-,31-,32-/m1/s1. The average Bonchev–Trinajstić information content (AvgIpc) is 3.10. The van der Waals surface area contributed by atoms with Gasteiger partial charge in [-0.3, -0.25) is 33.8 Å². The number of carbonyl (C=O) groups excluding carboxylic acids is 4. The Balaban J connectivity index is 1.65. The van der Waals surface area contributed by atoms with Gasteiger partial charge in [0.15, 0.2) is 0 Å². The summed E-state index contributed by atoms with van der Waals surface area (Å²) in [7, 11) is 0. The fourth-order valence-electron chi connectivity index (χ4n) is 5.96. The second-order valence-corrected chi connectivity index (χ2v) is 13.5. The van der Waals surface area contributed by atoms with Crippen LogP contribution in [-0.4, -0.2) is 121 Å². The summed E-state index contributed by atoms with van der Waals surface area (Å²) in [6, 6.07) is 14.9. The van der Waals surface area contributed by atoms with E-state index in [4.69, 9.17) is 16.6 Å². The van der Waals surface area contributed by atoms with Gasteiger partial charge in [0.25, 0.3) is 0 Å². The molecular weight excluding hydrogens is 652 g/mol. The van der Waals surface area contributed by atoms with E-state index in [9.17, 15) is 24.0 Å². The molecule has 0 radical (unpaired) electrons. The Kier molecular flexibility index (Phi) is 17.5. The highest BCUT2D eigenvalue weighted by Gasteiger charge is 2.31. The first kappa shape index (κ1) is 41.1. The maximum Gasteiger partial charge on any atom is 0.317 e. The molecular formula is C37H56N8O6. The minimum Gasteiger partial charge on any atom is -0.480 e. The number of carboxylic acid groups (broad SMARTS) is 1. The Morgan fingerprint density at radius 3 is 1.82 bits per heavy atom. The molecule has 4 atom stereocenters. The minimum absolute atomic E-state index is 0.0105. The molecule has 0 spiro atoms. The lowest BCUT2D eigenvalue weighted by molar-refractivity contribution is -0.138. The van der Waals surface area contributed by atoms with Crippen molar-refractivity contribution < 1.29 is 29.1 Å². The van der Waals surface area contributed by atoms with E-state index in [-0.39, 0.29) is 24.8 Å². The lowest BCUT2D eigenvalue weighted by atomic mass is 10.00. The summed E-state index contributed by atoms with van der Waals surface area (Å²) in [5.74, 6) is -2.71. The van der Waals surface area contributed by atoms with Gasteiger partial charge in [-0.2, -0.15) is 0 Å². The van der Waals surface area contributed by atoms with Crippen LogP contribution in [0.4, 0.5) is 0 Å². The number of nitrogens with two attached hydrogens (primary N) is 2. The van der Waals surface area contributed by atoms with Gasteiger partial charge >= 0.3 is 5.97 Å². The monoisotopic (exact) mass is 708 g/mol. The minimum atomic E-state index is -1.01. The van der Waals surface area contributed by atoms with Crippen LogP contribution in [-0.2, 0) is 36.8 Å². The summed E-state index contributed by atoms with van der Waals surface area (Å²) in [5.41, 5.74) is 13.7. The Labute approximate surface area is 301 Å². The summed E-state index contributed by atoms with van der Waals surface area (Å²) in [4.78, 5) is 69.1. The van der Waals surface area contributed by atoms with Crippen molar-refractivity contribution in [1.29, 1.82) is 0 Å². The molecule has 2 aromatic rings. The molecule has 280 valence electrons. The van der Waals surface area contributed by atoms with Crippen LogP contribution < -0.4 is 32.7 Å². The summed E-state index contributed by atoms with van der Waals surface area (Å²) >= 11 is 0. The lowest BCUT2D eigenvalue weighted by Crippen LogP contribution is -2.58. The third-order valence-corrected chi connectivity index (χ3v) is 8.77. The Bertz CT molecular complexity index is 1390. The van der Waals surface area contributed by atoms with Crippen molar-refractivity contribution in [3.63, 3.8) is 0 Å². The molecule has 4 amide bonds. The van der Waals surface area contributed by atoms with Crippen molar-refractivity contribution >= 4 is 29.6 Å². The second kappa shape index (κ2) is 21.8. The fraction of sp³-hybridized carbons (Fsp3) is 0.541. The maximum absolute atomic E-state index is 13.8. The summed E-state index contributed by atoms with van der Waals surface area (Å²) in [5, 5.41) is 20.4. The van der Waals surface area contributed by atoms with Gasteiger partial charge in [-0.05, 0) is 49.3 Å². The molecule has 1 fully saturated rings. The SMILES string of the molecule is CC(C)C[C@@H](NC(=O)[C@@H](Cc1ccccc1)NC(=O)[C@H](N)Cc1ccccc1)C(=O)N[C@H](CCCN)C(=O)NCCN1CCN(CC(=O)O)CC1. The number of hydrogen-bond acceptors (Lipinski definition) is 9. The van der Waals surface area contributed by atoms with Crippen LogP contribution >= 0.6 is 0 Å². The fourth-order valence-corrected chi connectivity index (χ4v) is 5.96. The number of rotatable bonds is 21. The molecule has 3 rings (SSSR count). The van der Waals surface area contributed by atoms with E-state index in [0.717, 1.165) is 11.1 Å². The Hall–Kier alpha value is -4.37. The predicted octanol–water partition coefficient (Wildman–Crippen LogP) is -0.143. The summed E-state index contributed by atoms with van der Waals surface area (Å²) in [6.07, 6.45) is 1.59. The number of aliphatic carboxylic acids is 1. The van der Waals surface area contributed by atoms with Crippen LogP contribution in [0.3, 0.4) is 0 Å². The first-order chi connectivity index (χ1) is 24.4. The highest BCUT2D eigenvalue weighted by atomic mass is 16.4. The maximum atomic E-state index is 13.8. The molecule has 0 aliphatic carbocycles. The molecule has 14 nitrogen and oxygen atoms in total. The van der Waals surface area contributed by atoms with Gasteiger partial charge in [-0.1, -0.05) is 74.5 Å². The molecule has 0 aromatic heterocycles. The van der Waals surface area contributed by atoms with Crippen molar-refractivity contribution in [2.75, 3.05) is 52.4 Å². The van der Waals surface area contributed by atoms with Gasteiger partial charge < -0.3 is 37.8 Å². The molecule has 0 saturated carbocycles. The Morgan fingerprint density at radius 2 is 1.25 bits per heavy atom. The van der Waals surface area contributed by atoms with E-state index in [1.165, 1.54) is 0 Å². The molecule has 0 unspecified atom stereocenters. The molecule has 1 saturated heterocycles. The van der Waals surface area contributed by atoms with Crippen LogP contribution in [0.5, 0.6) is 0 Å². The number of nitrogens with zero attached hydrogens (tertiary/aromatic N) is 2. The van der Waals surface area contributed by atoms with Gasteiger partial charge in [0.2, 0.25) is 23.6 Å². The third-order valence-electron chi connectivity index (χ3n) is 8.77. The van der Waals surface area contributed by atoms with E-state index < -0.39 is 47.9 Å². The van der Waals surface area contributed by atoms with Crippen molar-refractivity contribution in [3.05, 3.63) is 71.8 Å². The summed E-state index contributed by atoms with van der Waals surface area (Å²) in [6.45, 7) is 7.79. The van der Waals surface area contributed by atoms with E-state index in [0.29, 0.717) is 71.5 Å². The zero-order valence-electron chi connectivity index (χ0n) is 29.9. The van der Waals surface area contributed by atoms with Crippen molar-refractivity contribution in [2.24, 2.45) is 17.4 Å². The largest absolute Gasteiger partial charge is 0.480 e. The topological polar surface area (TPSA) is 212 Å². The first-order valence-electron chi connectivity index (χ1n) is 17.8. The van der Waals surface area contributed by atoms with Crippen molar-refractivity contribution in [2.45, 2.75) is 70.1 Å². The highest BCUT2D eigenvalue weighted by molar-refractivity contribution is 5.95. The number of carboxylic acids is 1. The molecule has 0 bridgehead atoms. The molecule has 14 heteroatoms. The van der Waals surface area contributed by atoms with Gasteiger partial charge in [0.05, 0.1) is 12.6 Å². The van der Waals surface area contributed by atoms with Gasteiger partial charge in [0.1, 0.15) is 18.1 Å². The van der Waals surface area contributed by atoms with Crippen molar-refractivity contribution in [1.82, 2.24) is 31.1 Å². The van der Waals surface area contributed by atoms with E-state index in [1.807, 2.05) is 79.4 Å². The number of amides is 4. The van der Waals surface area contributed by atoms with Gasteiger partial charge in [0, 0.05) is 45.7 Å². The third kappa shape index (κ3) is 15.2. The van der Waals surface area contributed by atoms with Gasteiger partial charge in [-0.15, -0.1) is 0 Å². The number of piperazine rings is 1. The average molecular weight is 709 g/mol. The zero-order valence-corrected chi connectivity index (χ0v) is 29.9. The second-order valence-electron chi connectivity index (χ2n) is 13.5. The summed E-state index contributed by atoms with van der Waals surface area (Å²) < 4.78 is 0. The molecule has 51 heavy (non-hydrogen) atoms. The highest BCUT2D eigenvalue weighted by Crippen LogP contribution is 2.10. The number of nitrogens with one attached hydrogen (secondary N) is 4. The molecule has 9 N–H and O–H groups in total. The number of carbonyl (C=O) groups is 5. The number of hydrogen-bond donors (Lipinski definition) is 7. The van der Waals surface area contributed by atoms with Gasteiger partial charge in [-0.25, -0.2) is 0 Å².